The molecule has 0 heterocycles. The average Bonchev–Trinajstić information content (AvgIpc) is 2.82. The number of hydrogen-bond acceptors (Lipinski definition) is 1. The van der Waals surface area contributed by atoms with E-state index in [0.717, 1.165) is 6.42 Å². The van der Waals surface area contributed by atoms with Gasteiger partial charge in [-0.3, -0.25) is 0 Å². The molecule has 0 N–H and O–H groups in total. The van der Waals surface area contributed by atoms with Gasteiger partial charge in [0.1, 0.15) is 0 Å². The molecule has 5 heteroatoms. The molecule has 25 heavy (non-hydrogen) atoms. The zero-order chi connectivity index (χ0) is 17.0. The molecular weight excluding hydrogens is 444 g/mol. The van der Waals surface area contributed by atoms with E-state index in [2.05, 4.69) is 79.7 Å². The molecule has 0 atom stereocenters. The van der Waals surface area contributed by atoms with E-state index in [-0.39, 0.29) is 30.4 Å². The number of fused-ring (bicyclic) bond motifs is 3. The topological polar surface area (TPSA) is 3.24 Å². The molecule has 1 nitrogen and oxygen atoms in total. The van der Waals surface area contributed by atoms with Gasteiger partial charge < -0.3 is 24.8 Å². The second kappa shape index (κ2) is 7.98. The third kappa shape index (κ3) is 4.01. The van der Waals surface area contributed by atoms with Gasteiger partial charge in [-0.25, -0.2) is 0 Å². The van der Waals surface area contributed by atoms with E-state index in [1.54, 1.807) is 16.3 Å². The molecule has 0 aromatic heterocycles. The van der Waals surface area contributed by atoms with E-state index in [9.17, 15) is 0 Å². The van der Waals surface area contributed by atoms with Crippen LogP contribution in [0.4, 0.5) is 0 Å². The maximum absolute atomic E-state index is 2.74. The van der Waals surface area contributed by atoms with Gasteiger partial charge in [0.2, 0.25) is 0 Å². The molecule has 0 saturated carbocycles. The Hall–Kier alpha value is 0.0800. The first-order valence-electron chi connectivity index (χ1n) is 8.37. The Morgan fingerprint density at radius 3 is 2.20 bits per heavy atom. The fraction of sp³-hybridized carbons (Fsp3) is 0.400. The van der Waals surface area contributed by atoms with E-state index in [1.807, 2.05) is 0 Å². The standard InChI is InChI=1S/C20H26NSi.2ClH.Zr/c1-14-13-16-12-11-15-9-7-8-10-17(15)18(16)19(14)22(5,6)21-20(2,3)4;;;/h7-12H,13H2,1-6H3;2*1H;/q-1;;;+3/p-2. The summed E-state index contributed by atoms with van der Waals surface area (Å²) < 4.78 is 2.74. The van der Waals surface area contributed by atoms with Gasteiger partial charge in [-0.1, -0.05) is 0 Å². The normalized spacial score (nSPS) is 14.4. The number of halogens is 2. The smallest absolute Gasteiger partial charge is 1.00 e. The molecular formula is C20H26Cl2NSiZr. The molecule has 1 aliphatic rings. The minimum Gasteiger partial charge on any atom is -1.00 e. The molecule has 0 amide bonds. The number of benzene rings is 2. The Labute approximate surface area is 181 Å². The summed E-state index contributed by atoms with van der Waals surface area (Å²) in [6.45, 7) is 14.5. The van der Waals surface area contributed by atoms with Crippen LogP contribution in [0.2, 0.25) is 13.1 Å². The van der Waals surface area contributed by atoms with E-state index in [0.29, 0.717) is 0 Å². The van der Waals surface area contributed by atoms with Crippen molar-refractivity contribution >= 4 is 24.2 Å². The molecule has 2 aromatic rings. The molecule has 133 valence electrons. The first-order chi connectivity index (χ1) is 10.6. The van der Waals surface area contributed by atoms with Crippen molar-refractivity contribution in [3.63, 3.8) is 0 Å². The zero-order valence-corrected chi connectivity index (χ0v) is 20.8. The van der Waals surface area contributed by atoms with Crippen molar-refractivity contribution in [2.24, 2.45) is 0 Å². The van der Waals surface area contributed by atoms with Crippen LogP contribution < -0.4 is 24.8 Å². The van der Waals surface area contributed by atoms with Crippen LogP contribution in [0.5, 0.6) is 0 Å². The van der Waals surface area contributed by atoms with Crippen LogP contribution in [0.15, 0.2) is 42.0 Å². The molecule has 0 bridgehead atoms. The molecule has 3 rings (SSSR count). The summed E-state index contributed by atoms with van der Waals surface area (Å²) in [6.07, 6.45) is 1.12. The predicted octanol–water partition coefficient (Wildman–Crippen LogP) is -0.516. The quantitative estimate of drug-likeness (QED) is 0.535. The SMILES string of the molecule is CC1=C([Si](C)(C)[N]([Zr+2])C(C)(C)C)c2c(ccc3ccccc23)C1.[Cl-].[Cl-]. The average molecular weight is 471 g/mol. The van der Waals surface area contributed by atoms with Crippen LogP contribution in [-0.4, -0.2) is 16.3 Å². The van der Waals surface area contributed by atoms with Crippen molar-refractivity contribution in [2.75, 3.05) is 0 Å². The first kappa shape index (κ1) is 23.1. The van der Waals surface area contributed by atoms with E-state index in [1.165, 1.54) is 41.3 Å². The summed E-state index contributed by atoms with van der Waals surface area (Å²) in [7, 11) is -1.69. The molecule has 0 saturated heterocycles. The molecule has 0 radical (unpaired) electrons. The zero-order valence-electron chi connectivity index (χ0n) is 15.9. The summed E-state index contributed by atoms with van der Waals surface area (Å²) in [6, 6.07) is 13.5. The summed E-state index contributed by atoms with van der Waals surface area (Å²) in [5.74, 6) is 0. The summed E-state index contributed by atoms with van der Waals surface area (Å²) in [5.41, 5.74) is 4.89. The maximum Gasteiger partial charge on any atom is -1.00 e. The first-order valence-corrected chi connectivity index (χ1v) is 12.4. The van der Waals surface area contributed by atoms with Crippen LogP contribution in [0.25, 0.3) is 16.0 Å². The van der Waals surface area contributed by atoms with Gasteiger partial charge in [-0.05, 0) is 0 Å². The minimum absolute atomic E-state index is 0. The summed E-state index contributed by atoms with van der Waals surface area (Å²) in [4.78, 5) is 0. The molecule has 1 aliphatic carbocycles. The Morgan fingerprint density at radius 2 is 1.60 bits per heavy atom. The van der Waals surface area contributed by atoms with Gasteiger partial charge >= 0.3 is 158 Å². The van der Waals surface area contributed by atoms with Gasteiger partial charge in [-0.2, -0.15) is 0 Å². The third-order valence-corrected chi connectivity index (χ3v) is 14.4. The van der Waals surface area contributed by atoms with Gasteiger partial charge in [0, 0.05) is 0 Å². The number of allylic oxidation sites excluding steroid dienone is 1. The number of nitrogens with zero attached hydrogens (tertiary/aromatic N) is 1. The Balaban J connectivity index is 0.00000156. The Kier molecular flexibility index (Phi) is 7.38. The van der Waals surface area contributed by atoms with Crippen LogP contribution in [0, 0.1) is 0 Å². The Morgan fingerprint density at radius 1 is 1.00 bits per heavy atom. The molecule has 0 spiro atoms. The molecule has 0 unspecified atom stereocenters. The largest absolute Gasteiger partial charge is 1.00 e. The van der Waals surface area contributed by atoms with Crippen LogP contribution in [-0.2, 0) is 31.4 Å². The monoisotopic (exact) mass is 468 g/mol. The van der Waals surface area contributed by atoms with Crippen LogP contribution in [0.3, 0.4) is 0 Å². The number of rotatable bonds is 2. The van der Waals surface area contributed by atoms with Gasteiger partial charge in [0.05, 0.1) is 0 Å². The van der Waals surface area contributed by atoms with E-state index < -0.39 is 8.24 Å². The van der Waals surface area contributed by atoms with E-state index in [4.69, 9.17) is 0 Å². The van der Waals surface area contributed by atoms with Crippen molar-refractivity contribution in [1.82, 2.24) is 2.51 Å². The van der Waals surface area contributed by atoms with Crippen molar-refractivity contribution < 1.29 is 49.8 Å². The molecule has 0 aliphatic heterocycles. The molecule has 0 fully saturated rings. The minimum atomic E-state index is -1.69. The van der Waals surface area contributed by atoms with Crippen molar-refractivity contribution in [2.45, 2.75) is 52.7 Å². The number of hydrogen-bond donors (Lipinski definition) is 0. The summed E-state index contributed by atoms with van der Waals surface area (Å²) >= 11 is 1.54. The fourth-order valence-corrected chi connectivity index (χ4v) is 8.89. The maximum atomic E-state index is 2.74. The van der Waals surface area contributed by atoms with E-state index >= 15 is 0 Å². The second-order valence-corrected chi connectivity index (χ2v) is 14.5. The Bertz CT molecular complexity index is 809. The van der Waals surface area contributed by atoms with Gasteiger partial charge in [-0.15, -0.1) is 0 Å². The third-order valence-electron chi connectivity index (χ3n) is 4.99. The fourth-order valence-electron chi connectivity index (χ4n) is 4.13. The predicted molar refractivity (Wildman–Crippen MR) is 99.3 cm³/mol. The van der Waals surface area contributed by atoms with Crippen LogP contribution in [0.1, 0.15) is 38.8 Å². The second-order valence-electron chi connectivity index (χ2n) is 8.22. The summed E-state index contributed by atoms with van der Waals surface area (Å²) in [5, 5.41) is 4.49. The molecule has 2 aromatic carbocycles. The van der Waals surface area contributed by atoms with Gasteiger partial charge in [0.25, 0.3) is 0 Å². The van der Waals surface area contributed by atoms with Crippen molar-refractivity contribution in [3.05, 3.63) is 53.1 Å². The van der Waals surface area contributed by atoms with Gasteiger partial charge in [0.15, 0.2) is 0 Å². The van der Waals surface area contributed by atoms with Crippen molar-refractivity contribution in [1.29, 1.82) is 0 Å². The van der Waals surface area contributed by atoms with Crippen LogP contribution >= 0.6 is 0 Å². The van der Waals surface area contributed by atoms with Crippen molar-refractivity contribution in [3.8, 4) is 0 Å².